The molecule has 2 amide bonds. The Morgan fingerprint density at radius 1 is 0.957 bits per heavy atom. The summed E-state index contributed by atoms with van der Waals surface area (Å²) in [5, 5.41) is 5.79. The highest BCUT2D eigenvalue weighted by Crippen LogP contribution is 2.23. The first-order valence-corrected chi connectivity index (χ1v) is 8.05. The number of benzene rings is 1. The molecule has 0 saturated heterocycles. The van der Waals surface area contributed by atoms with Gasteiger partial charge in [0.05, 0.1) is 7.11 Å². The Labute approximate surface area is 138 Å². The number of ether oxygens (including phenoxy) is 1. The molecule has 0 atom stereocenters. The lowest BCUT2D eigenvalue weighted by atomic mass is 10.1. The maximum absolute atomic E-state index is 12.1. The topological polar surface area (TPSA) is 67.4 Å². The van der Waals surface area contributed by atoms with E-state index in [1.807, 2.05) is 52.0 Å². The number of hydrogen-bond donors (Lipinski definition) is 2. The van der Waals surface area contributed by atoms with E-state index in [4.69, 9.17) is 4.74 Å². The molecular formula is C18H28N2O3. The molecule has 5 nitrogen and oxygen atoms in total. The van der Waals surface area contributed by atoms with Gasteiger partial charge in [-0.1, -0.05) is 45.9 Å². The predicted octanol–water partition coefficient (Wildman–Crippen LogP) is 3.02. The Hall–Kier alpha value is -2.04. The molecule has 0 aliphatic heterocycles. The van der Waals surface area contributed by atoms with Crippen LogP contribution in [0.2, 0.25) is 0 Å². The SMILES string of the molecule is COc1ccccc1C(NC(=O)CC(C)C)NC(=O)CC(C)C. The fourth-order valence-electron chi connectivity index (χ4n) is 2.28. The van der Waals surface area contributed by atoms with E-state index in [1.165, 1.54) is 0 Å². The lowest BCUT2D eigenvalue weighted by Gasteiger charge is -2.23. The van der Waals surface area contributed by atoms with Gasteiger partial charge in [0.15, 0.2) is 0 Å². The third-order valence-electron chi connectivity index (χ3n) is 3.25. The normalized spacial score (nSPS) is 11.0. The van der Waals surface area contributed by atoms with Crippen molar-refractivity contribution in [2.75, 3.05) is 7.11 Å². The van der Waals surface area contributed by atoms with Gasteiger partial charge in [0.2, 0.25) is 11.8 Å². The van der Waals surface area contributed by atoms with Gasteiger partial charge in [-0.05, 0) is 17.9 Å². The Kier molecular flexibility index (Phi) is 7.59. The number of amides is 2. The van der Waals surface area contributed by atoms with Crippen LogP contribution in [0, 0.1) is 11.8 Å². The van der Waals surface area contributed by atoms with Crippen LogP contribution >= 0.6 is 0 Å². The lowest BCUT2D eigenvalue weighted by Crippen LogP contribution is -2.41. The van der Waals surface area contributed by atoms with Crippen LogP contribution in [0.25, 0.3) is 0 Å². The Balaban J connectivity index is 2.95. The van der Waals surface area contributed by atoms with Crippen molar-refractivity contribution in [1.82, 2.24) is 10.6 Å². The highest BCUT2D eigenvalue weighted by Gasteiger charge is 2.21. The predicted molar refractivity (Wildman–Crippen MR) is 90.9 cm³/mol. The number of hydrogen-bond acceptors (Lipinski definition) is 3. The minimum Gasteiger partial charge on any atom is -0.496 e. The molecule has 0 heterocycles. The standard InChI is InChI=1S/C18H28N2O3/c1-12(2)10-16(21)19-18(20-17(22)11-13(3)4)14-8-6-7-9-15(14)23-5/h6-9,12-13,18H,10-11H2,1-5H3,(H,19,21)(H,20,22). The fraction of sp³-hybridized carbons (Fsp3) is 0.556. The molecule has 0 fully saturated rings. The molecule has 1 aromatic carbocycles. The largest absolute Gasteiger partial charge is 0.496 e. The highest BCUT2D eigenvalue weighted by molar-refractivity contribution is 5.80. The van der Waals surface area contributed by atoms with Gasteiger partial charge in [-0.2, -0.15) is 0 Å². The molecular weight excluding hydrogens is 292 g/mol. The van der Waals surface area contributed by atoms with Crippen LogP contribution in [0.1, 0.15) is 52.3 Å². The number of rotatable bonds is 8. The number of para-hydroxylation sites is 1. The van der Waals surface area contributed by atoms with Gasteiger partial charge in [-0.15, -0.1) is 0 Å². The third-order valence-corrected chi connectivity index (χ3v) is 3.25. The second-order valence-corrected chi connectivity index (χ2v) is 6.51. The monoisotopic (exact) mass is 320 g/mol. The minimum absolute atomic E-state index is 0.0965. The maximum Gasteiger partial charge on any atom is 0.222 e. The van der Waals surface area contributed by atoms with Gasteiger partial charge in [0.1, 0.15) is 11.9 Å². The van der Waals surface area contributed by atoms with Crippen LogP contribution in [0.3, 0.4) is 0 Å². The summed E-state index contributed by atoms with van der Waals surface area (Å²) in [5.41, 5.74) is 0.740. The number of nitrogens with one attached hydrogen (secondary N) is 2. The average molecular weight is 320 g/mol. The zero-order valence-corrected chi connectivity index (χ0v) is 14.7. The van der Waals surface area contributed by atoms with Crippen LogP contribution in [0.15, 0.2) is 24.3 Å². The average Bonchev–Trinajstić information content (AvgIpc) is 2.44. The molecule has 0 aliphatic carbocycles. The molecule has 23 heavy (non-hydrogen) atoms. The van der Waals surface area contributed by atoms with E-state index in [1.54, 1.807) is 7.11 Å². The van der Waals surface area contributed by atoms with Crippen LogP contribution in [-0.4, -0.2) is 18.9 Å². The molecule has 0 bridgehead atoms. The molecule has 0 aromatic heterocycles. The summed E-state index contributed by atoms with van der Waals surface area (Å²) in [4.78, 5) is 24.3. The van der Waals surface area contributed by atoms with Gasteiger partial charge >= 0.3 is 0 Å². The molecule has 128 valence electrons. The summed E-state index contributed by atoms with van der Waals surface area (Å²) in [5.74, 6) is 0.938. The Morgan fingerprint density at radius 3 is 1.87 bits per heavy atom. The second-order valence-electron chi connectivity index (χ2n) is 6.51. The van der Waals surface area contributed by atoms with E-state index in [2.05, 4.69) is 10.6 Å². The number of carbonyl (C=O) groups is 2. The van der Waals surface area contributed by atoms with Crippen molar-refractivity contribution in [2.45, 2.75) is 46.7 Å². The van der Waals surface area contributed by atoms with Gasteiger partial charge < -0.3 is 15.4 Å². The Morgan fingerprint density at radius 2 is 1.43 bits per heavy atom. The lowest BCUT2D eigenvalue weighted by molar-refractivity contribution is -0.125. The van der Waals surface area contributed by atoms with E-state index < -0.39 is 6.17 Å². The van der Waals surface area contributed by atoms with Crippen LogP contribution in [0.4, 0.5) is 0 Å². The van der Waals surface area contributed by atoms with Crippen molar-refractivity contribution in [3.05, 3.63) is 29.8 Å². The molecule has 0 spiro atoms. The number of carbonyl (C=O) groups excluding carboxylic acids is 2. The second kappa shape index (κ2) is 9.18. The summed E-state index contributed by atoms with van der Waals surface area (Å²) >= 11 is 0. The smallest absolute Gasteiger partial charge is 0.222 e. The van der Waals surface area contributed by atoms with Gasteiger partial charge in [0, 0.05) is 18.4 Å². The molecule has 1 aromatic rings. The molecule has 0 unspecified atom stereocenters. The summed E-state index contributed by atoms with van der Waals surface area (Å²) in [7, 11) is 1.57. The Bertz CT molecular complexity index is 503. The first-order chi connectivity index (χ1) is 10.8. The molecule has 0 aliphatic rings. The number of methoxy groups -OCH3 is 1. The van der Waals surface area contributed by atoms with E-state index in [0.29, 0.717) is 18.6 Å². The molecule has 1 rings (SSSR count). The quantitative estimate of drug-likeness (QED) is 0.724. The molecule has 2 N–H and O–H groups in total. The summed E-state index contributed by atoms with van der Waals surface area (Å²) in [6.45, 7) is 7.92. The molecule has 0 saturated carbocycles. The van der Waals surface area contributed by atoms with E-state index in [0.717, 1.165) is 5.56 Å². The fourth-order valence-corrected chi connectivity index (χ4v) is 2.28. The van der Waals surface area contributed by atoms with Crippen molar-refractivity contribution >= 4 is 11.8 Å². The van der Waals surface area contributed by atoms with Crippen molar-refractivity contribution in [3.8, 4) is 5.75 Å². The van der Waals surface area contributed by atoms with Crippen molar-refractivity contribution < 1.29 is 14.3 Å². The first kappa shape index (κ1) is 19.0. The van der Waals surface area contributed by atoms with E-state index in [-0.39, 0.29) is 23.7 Å². The van der Waals surface area contributed by atoms with E-state index >= 15 is 0 Å². The highest BCUT2D eigenvalue weighted by atomic mass is 16.5. The minimum atomic E-state index is -0.594. The summed E-state index contributed by atoms with van der Waals surface area (Å²) in [6.07, 6.45) is 0.223. The molecule has 5 heteroatoms. The molecule has 0 radical (unpaired) electrons. The zero-order valence-electron chi connectivity index (χ0n) is 14.7. The van der Waals surface area contributed by atoms with Gasteiger partial charge in [0.25, 0.3) is 0 Å². The van der Waals surface area contributed by atoms with Crippen LogP contribution in [0.5, 0.6) is 5.75 Å². The first-order valence-electron chi connectivity index (χ1n) is 8.05. The van der Waals surface area contributed by atoms with Crippen molar-refractivity contribution in [2.24, 2.45) is 11.8 Å². The third kappa shape index (κ3) is 6.72. The summed E-state index contributed by atoms with van der Waals surface area (Å²) < 4.78 is 5.35. The maximum atomic E-state index is 12.1. The van der Waals surface area contributed by atoms with Crippen molar-refractivity contribution in [1.29, 1.82) is 0 Å². The van der Waals surface area contributed by atoms with E-state index in [9.17, 15) is 9.59 Å². The van der Waals surface area contributed by atoms with Crippen LogP contribution < -0.4 is 15.4 Å². The van der Waals surface area contributed by atoms with Gasteiger partial charge in [-0.25, -0.2) is 0 Å². The summed E-state index contributed by atoms with van der Waals surface area (Å²) in [6, 6.07) is 7.36. The van der Waals surface area contributed by atoms with Crippen LogP contribution in [-0.2, 0) is 9.59 Å². The van der Waals surface area contributed by atoms with Gasteiger partial charge in [-0.3, -0.25) is 9.59 Å². The zero-order chi connectivity index (χ0) is 17.4. The van der Waals surface area contributed by atoms with Crippen molar-refractivity contribution in [3.63, 3.8) is 0 Å².